The van der Waals surface area contributed by atoms with Crippen LogP contribution in [0.4, 0.5) is 0 Å². The van der Waals surface area contributed by atoms with Crippen molar-refractivity contribution in [1.29, 1.82) is 0 Å². The molecule has 0 heterocycles. The minimum absolute atomic E-state index is 0.0299. The molecule has 0 aliphatic rings. The van der Waals surface area contributed by atoms with Crippen molar-refractivity contribution >= 4 is 0 Å². The van der Waals surface area contributed by atoms with E-state index >= 15 is 0 Å². The van der Waals surface area contributed by atoms with Crippen LogP contribution in [-0.4, -0.2) is 37.0 Å². The van der Waals surface area contributed by atoms with E-state index < -0.39 is 11.6 Å². The average Bonchev–Trinajstić information content (AvgIpc) is 2.61. The normalized spacial score (nSPS) is 14.9. The smallest absolute Gasteiger partial charge is 0.314 e. The van der Waals surface area contributed by atoms with Crippen LogP contribution in [0.1, 0.15) is 126 Å². The van der Waals surface area contributed by atoms with Gasteiger partial charge in [-0.05, 0) is 54.4 Å². The summed E-state index contributed by atoms with van der Waals surface area (Å²) in [5, 5.41) is 0. The van der Waals surface area contributed by atoms with Crippen molar-refractivity contribution in [3.05, 3.63) is 0 Å². The molecule has 0 amide bonds. The zero-order valence-corrected chi connectivity index (χ0v) is 21.1. The van der Waals surface area contributed by atoms with E-state index in [0.29, 0.717) is 0 Å². The summed E-state index contributed by atoms with van der Waals surface area (Å²) in [4.78, 5) is 0. The summed E-state index contributed by atoms with van der Waals surface area (Å²) >= 11 is 0. The van der Waals surface area contributed by atoms with E-state index in [-0.39, 0.29) is 18.3 Å². The van der Waals surface area contributed by atoms with Crippen LogP contribution in [0.3, 0.4) is 0 Å². The standard InChI is InChI=1S/C25H52O4/c1-10-12-14-15-16-18-20-24(26-9,19-17-13-11-2)25(27-21(3)4,28-22(5)6)29-23(7)8/h21-23H,10-20H2,1-9H3. The number of hydrogen-bond donors (Lipinski definition) is 0. The molecule has 1 atom stereocenters. The van der Waals surface area contributed by atoms with E-state index in [1.54, 1.807) is 7.11 Å². The highest BCUT2D eigenvalue weighted by molar-refractivity contribution is 4.93. The first kappa shape index (κ1) is 28.8. The molecule has 4 nitrogen and oxygen atoms in total. The highest BCUT2D eigenvalue weighted by Gasteiger charge is 2.57. The molecule has 0 spiro atoms. The highest BCUT2D eigenvalue weighted by atomic mass is 16.9. The van der Waals surface area contributed by atoms with E-state index in [1.807, 2.05) is 41.5 Å². The Morgan fingerprint density at radius 2 is 0.897 bits per heavy atom. The second kappa shape index (κ2) is 15.6. The fourth-order valence-corrected chi connectivity index (χ4v) is 3.95. The molecule has 0 saturated heterocycles. The third-order valence-corrected chi connectivity index (χ3v) is 5.24. The molecule has 1 unspecified atom stereocenters. The Morgan fingerprint density at radius 1 is 0.552 bits per heavy atom. The number of unbranched alkanes of at least 4 members (excludes halogenated alkanes) is 7. The molecular weight excluding hydrogens is 364 g/mol. The molecule has 0 bridgehead atoms. The first-order valence-corrected chi connectivity index (χ1v) is 12.3. The van der Waals surface area contributed by atoms with Crippen molar-refractivity contribution < 1.29 is 18.9 Å². The quantitative estimate of drug-likeness (QED) is 0.160. The van der Waals surface area contributed by atoms with Gasteiger partial charge in [0.15, 0.2) is 0 Å². The summed E-state index contributed by atoms with van der Waals surface area (Å²) < 4.78 is 25.7. The van der Waals surface area contributed by atoms with Gasteiger partial charge in [0.05, 0.1) is 18.3 Å². The Balaban J connectivity index is 5.79. The fraction of sp³-hybridized carbons (Fsp3) is 1.00. The first-order valence-electron chi connectivity index (χ1n) is 12.3. The molecule has 29 heavy (non-hydrogen) atoms. The summed E-state index contributed by atoms with van der Waals surface area (Å²) in [6.45, 7) is 16.7. The number of rotatable bonds is 19. The van der Waals surface area contributed by atoms with Gasteiger partial charge in [-0.3, -0.25) is 0 Å². The summed E-state index contributed by atoms with van der Waals surface area (Å²) in [6.07, 6.45) is 12.6. The van der Waals surface area contributed by atoms with E-state index in [4.69, 9.17) is 18.9 Å². The molecule has 0 aliphatic carbocycles. The maximum atomic E-state index is 6.47. The minimum Gasteiger partial charge on any atom is -0.370 e. The van der Waals surface area contributed by atoms with Crippen LogP contribution in [0.2, 0.25) is 0 Å². The molecule has 0 fully saturated rings. The van der Waals surface area contributed by atoms with Crippen molar-refractivity contribution in [3.63, 3.8) is 0 Å². The molecule has 0 aromatic rings. The zero-order valence-electron chi connectivity index (χ0n) is 21.1. The molecule has 4 heteroatoms. The predicted molar refractivity (Wildman–Crippen MR) is 123 cm³/mol. The van der Waals surface area contributed by atoms with Gasteiger partial charge in [0.25, 0.3) is 0 Å². The van der Waals surface area contributed by atoms with Gasteiger partial charge in [-0.1, -0.05) is 71.6 Å². The molecule has 0 radical (unpaired) electrons. The van der Waals surface area contributed by atoms with Crippen LogP contribution >= 0.6 is 0 Å². The van der Waals surface area contributed by atoms with Crippen LogP contribution in [-0.2, 0) is 18.9 Å². The van der Waals surface area contributed by atoms with Gasteiger partial charge in [0, 0.05) is 7.11 Å². The number of hydrogen-bond acceptors (Lipinski definition) is 4. The molecular formula is C25H52O4. The third kappa shape index (κ3) is 10.6. The van der Waals surface area contributed by atoms with Gasteiger partial charge >= 0.3 is 5.97 Å². The van der Waals surface area contributed by atoms with E-state index in [0.717, 1.165) is 25.7 Å². The summed E-state index contributed by atoms with van der Waals surface area (Å²) in [7, 11) is 1.80. The second-order valence-electron chi connectivity index (χ2n) is 9.23. The van der Waals surface area contributed by atoms with Crippen LogP contribution < -0.4 is 0 Å². The lowest BCUT2D eigenvalue weighted by Gasteiger charge is -2.50. The molecule has 0 aromatic carbocycles. The van der Waals surface area contributed by atoms with Crippen molar-refractivity contribution in [2.45, 2.75) is 156 Å². The molecule has 0 rings (SSSR count). The van der Waals surface area contributed by atoms with Crippen LogP contribution in [0.15, 0.2) is 0 Å². The topological polar surface area (TPSA) is 36.9 Å². The lowest BCUT2D eigenvalue weighted by Crippen LogP contribution is -2.63. The van der Waals surface area contributed by atoms with Gasteiger partial charge in [0.1, 0.15) is 5.60 Å². The van der Waals surface area contributed by atoms with E-state index in [1.165, 1.54) is 44.9 Å². The van der Waals surface area contributed by atoms with Crippen molar-refractivity contribution in [2.75, 3.05) is 7.11 Å². The molecule has 0 N–H and O–H groups in total. The highest BCUT2D eigenvalue weighted by Crippen LogP contribution is 2.43. The Labute approximate surface area is 182 Å². The lowest BCUT2D eigenvalue weighted by atomic mass is 9.86. The van der Waals surface area contributed by atoms with Crippen LogP contribution in [0.25, 0.3) is 0 Å². The van der Waals surface area contributed by atoms with E-state index in [9.17, 15) is 0 Å². The summed E-state index contributed by atoms with van der Waals surface area (Å²) in [5.74, 6) is -1.20. The Kier molecular flexibility index (Phi) is 15.5. The predicted octanol–water partition coefficient (Wildman–Crippen LogP) is 7.63. The van der Waals surface area contributed by atoms with Crippen LogP contribution in [0.5, 0.6) is 0 Å². The maximum absolute atomic E-state index is 6.47. The van der Waals surface area contributed by atoms with Crippen molar-refractivity contribution in [1.82, 2.24) is 0 Å². The lowest BCUT2D eigenvalue weighted by molar-refractivity contribution is -0.469. The average molecular weight is 417 g/mol. The minimum atomic E-state index is -1.20. The molecule has 176 valence electrons. The zero-order chi connectivity index (χ0) is 22.3. The summed E-state index contributed by atoms with van der Waals surface area (Å²) in [6, 6.07) is 0. The van der Waals surface area contributed by atoms with Gasteiger partial charge in [-0.2, -0.15) is 0 Å². The largest absolute Gasteiger partial charge is 0.370 e. The maximum Gasteiger partial charge on any atom is 0.314 e. The third-order valence-electron chi connectivity index (χ3n) is 5.24. The second-order valence-corrected chi connectivity index (χ2v) is 9.23. The van der Waals surface area contributed by atoms with Crippen molar-refractivity contribution in [3.8, 4) is 0 Å². The molecule has 0 aromatic heterocycles. The Morgan fingerprint density at radius 3 is 1.28 bits per heavy atom. The van der Waals surface area contributed by atoms with Crippen molar-refractivity contribution in [2.24, 2.45) is 0 Å². The van der Waals surface area contributed by atoms with Gasteiger partial charge in [-0.25, -0.2) is 0 Å². The van der Waals surface area contributed by atoms with Crippen LogP contribution in [0, 0.1) is 0 Å². The van der Waals surface area contributed by atoms with Gasteiger partial charge in [-0.15, -0.1) is 0 Å². The summed E-state index contributed by atoms with van der Waals surface area (Å²) in [5.41, 5.74) is -0.619. The monoisotopic (exact) mass is 416 g/mol. The molecule has 0 saturated carbocycles. The Bertz CT molecular complexity index is 354. The van der Waals surface area contributed by atoms with Gasteiger partial charge < -0.3 is 18.9 Å². The van der Waals surface area contributed by atoms with Gasteiger partial charge in [0.2, 0.25) is 0 Å². The SMILES string of the molecule is CCCCCCCCC(CCCCC)(OC)C(OC(C)C)(OC(C)C)OC(C)C. The first-order chi connectivity index (χ1) is 13.7. The number of methoxy groups -OCH3 is 1. The number of ether oxygens (including phenoxy) is 4. The Hall–Kier alpha value is -0.160. The fourth-order valence-electron chi connectivity index (χ4n) is 3.95. The van der Waals surface area contributed by atoms with E-state index in [2.05, 4.69) is 13.8 Å². The molecule has 0 aliphatic heterocycles.